The van der Waals surface area contributed by atoms with Crippen molar-refractivity contribution in [3.05, 3.63) is 11.6 Å². The smallest absolute Gasteiger partial charge is 0.308 e. The fourth-order valence-corrected chi connectivity index (χ4v) is 6.84. The van der Waals surface area contributed by atoms with Crippen LogP contribution in [-0.4, -0.2) is 98.7 Å². The fourth-order valence-electron chi connectivity index (χ4n) is 6.84. The van der Waals surface area contributed by atoms with E-state index in [1.165, 1.54) is 6.92 Å². The van der Waals surface area contributed by atoms with Gasteiger partial charge in [0.2, 0.25) is 0 Å². The normalized spacial score (nSPS) is 41.0. The van der Waals surface area contributed by atoms with E-state index in [4.69, 9.17) is 19.3 Å². The second-order valence-corrected chi connectivity index (χ2v) is 12.2. The van der Waals surface area contributed by atoms with Gasteiger partial charge < -0.3 is 44.8 Å². The van der Waals surface area contributed by atoms with Crippen molar-refractivity contribution in [2.45, 2.75) is 103 Å². The summed E-state index contributed by atoms with van der Waals surface area (Å²) in [5, 5.41) is 59.2. The van der Waals surface area contributed by atoms with Crippen LogP contribution in [0.15, 0.2) is 11.6 Å². The Kier molecular flexibility index (Phi) is 9.67. The van der Waals surface area contributed by atoms with Gasteiger partial charge in [-0.2, -0.15) is 0 Å². The van der Waals surface area contributed by atoms with Crippen molar-refractivity contribution in [3.8, 4) is 0 Å². The SMILES string of the molecule is CC1=CC[C@H]2[C@@](C)(COC(=O)C[C@@](C)(O)CC(=O)O)CCC[C@]2(C)[C@H]1CO[C@@H]1O[C@H](CO)[C@@H](O)[C@H](O)[C@H]1O. The summed E-state index contributed by atoms with van der Waals surface area (Å²) in [4.78, 5) is 23.4. The highest BCUT2D eigenvalue weighted by Crippen LogP contribution is 2.60. The topological polar surface area (TPSA) is 183 Å². The van der Waals surface area contributed by atoms with Crippen molar-refractivity contribution < 1.29 is 54.4 Å². The molecule has 11 heteroatoms. The number of aliphatic hydroxyl groups is 5. The Bertz CT molecular complexity index is 886. The molecule has 10 atom stereocenters. The van der Waals surface area contributed by atoms with Gasteiger partial charge in [-0.05, 0) is 44.4 Å². The fraction of sp³-hybridized carbons (Fsp3) is 0.852. The Morgan fingerprint density at radius 3 is 2.45 bits per heavy atom. The molecule has 0 radical (unpaired) electrons. The van der Waals surface area contributed by atoms with Crippen LogP contribution < -0.4 is 0 Å². The van der Waals surface area contributed by atoms with Crippen molar-refractivity contribution >= 4 is 11.9 Å². The monoisotopic (exact) mass is 544 g/mol. The quantitative estimate of drug-likeness (QED) is 0.168. The number of rotatable bonds is 10. The van der Waals surface area contributed by atoms with Crippen LogP contribution in [-0.2, 0) is 23.8 Å². The van der Waals surface area contributed by atoms with Gasteiger partial charge in [0.25, 0.3) is 0 Å². The van der Waals surface area contributed by atoms with Gasteiger partial charge in [-0.25, -0.2) is 0 Å². The predicted octanol–water partition coefficient (Wildman–Crippen LogP) is 0.741. The van der Waals surface area contributed by atoms with Crippen molar-refractivity contribution in [2.75, 3.05) is 19.8 Å². The molecule has 3 aliphatic rings. The van der Waals surface area contributed by atoms with Gasteiger partial charge in [-0.1, -0.05) is 31.9 Å². The zero-order valence-electron chi connectivity index (χ0n) is 22.7. The number of ether oxygens (including phenoxy) is 3. The molecule has 0 bridgehead atoms. The summed E-state index contributed by atoms with van der Waals surface area (Å²) in [6.07, 6.45) is -2.11. The number of esters is 1. The van der Waals surface area contributed by atoms with Gasteiger partial charge in [-0.15, -0.1) is 0 Å². The summed E-state index contributed by atoms with van der Waals surface area (Å²) in [7, 11) is 0. The van der Waals surface area contributed by atoms with Crippen LogP contribution >= 0.6 is 0 Å². The van der Waals surface area contributed by atoms with E-state index in [0.717, 1.165) is 31.3 Å². The number of aliphatic hydroxyl groups excluding tert-OH is 4. The van der Waals surface area contributed by atoms with E-state index in [2.05, 4.69) is 19.9 Å². The molecule has 3 rings (SSSR count). The second-order valence-electron chi connectivity index (χ2n) is 12.2. The minimum absolute atomic E-state index is 0.0553. The largest absolute Gasteiger partial charge is 0.481 e. The summed E-state index contributed by atoms with van der Waals surface area (Å²) in [5.74, 6) is -1.77. The Balaban J connectivity index is 1.69. The highest BCUT2D eigenvalue weighted by Gasteiger charge is 2.55. The first-order chi connectivity index (χ1) is 17.6. The standard InChI is InChI=1S/C27H44O11/c1-15-6-7-18-25(2,14-37-20(31)11-26(3,35)10-19(29)30)8-5-9-27(18,4)16(15)13-36-24-23(34)22(33)21(32)17(12-28)38-24/h6,16-18,21-24,28,32-35H,5,7-14H2,1-4H3,(H,29,30)/t16-,17+,18-,21+,22-,23+,24+,25+,26-,27+/m0/s1. The third-order valence-electron chi connectivity index (χ3n) is 9.02. The average molecular weight is 545 g/mol. The van der Waals surface area contributed by atoms with Crippen molar-refractivity contribution in [1.82, 2.24) is 0 Å². The zero-order valence-corrected chi connectivity index (χ0v) is 22.7. The van der Waals surface area contributed by atoms with Gasteiger partial charge in [0, 0.05) is 11.3 Å². The van der Waals surface area contributed by atoms with E-state index < -0.39 is 67.7 Å². The first-order valence-corrected chi connectivity index (χ1v) is 13.3. The zero-order chi connectivity index (χ0) is 28.5. The third kappa shape index (κ3) is 6.57. The maximum Gasteiger partial charge on any atom is 0.308 e. The van der Waals surface area contributed by atoms with Crippen LogP contribution in [0.1, 0.15) is 66.2 Å². The Hall–Kier alpha value is -1.60. The molecule has 218 valence electrons. The number of carbonyl (C=O) groups is 2. The number of hydrogen-bond donors (Lipinski definition) is 6. The Morgan fingerprint density at radius 1 is 1.13 bits per heavy atom. The van der Waals surface area contributed by atoms with Crippen LogP contribution in [0, 0.1) is 22.7 Å². The lowest BCUT2D eigenvalue weighted by Crippen LogP contribution is -2.59. The highest BCUT2D eigenvalue weighted by atomic mass is 16.7. The maximum atomic E-state index is 12.5. The van der Waals surface area contributed by atoms with Crippen LogP contribution in [0.25, 0.3) is 0 Å². The Labute approximate surface area is 223 Å². The highest BCUT2D eigenvalue weighted by molar-refractivity contribution is 5.73. The van der Waals surface area contributed by atoms with E-state index in [1.54, 1.807) is 0 Å². The van der Waals surface area contributed by atoms with Gasteiger partial charge in [0.05, 0.1) is 38.3 Å². The molecule has 0 aromatic heterocycles. The summed E-state index contributed by atoms with van der Waals surface area (Å²) in [5.41, 5.74) is -1.16. The molecule has 1 aliphatic heterocycles. The van der Waals surface area contributed by atoms with Crippen molar-refractivity contribution in [3.63, 3.8) is 0 Å². The van der Waals surface area contributed by atoms with Crippen molar-refractivity contribution in [1.29, 1.82) is 0 Å². The molecule has 2 aliphatic carbocycles. The number of carboxylic acids is 1. The number of aliphatic carboxylic acids is 1. The van der Waals surface area contributed by atoms with Gasteiger partial charge >= 0.3 is 11.9 Å². The van der Waals surface area contributed by atoms with Crippen LogP contribution in [0.5, 0.6) is 0 Å². The molecule has 0 aromatic carbocycles. The van der Waals surface area contributed by atoms with E-state index in [-0.39, 0.29) is 35.9 Å². The van der Waals surface area contributed by atoms with Crippen LogP contribution in [0.3, 0.4) is 0 Å². The summed E-state index contributed by atoms with van der Waals surface area (Å²) < 4.78 is 17.1. The molecule has 1 saturated carbocycles. The minimum atomic E-state index is -1.69. The minimum Gasteiger partial charge on any atom is -0.481 e. The van der Waals surface area contributed by atoms with Crippen molar-refractivity contribution in [2.24, 2.45) is 22.7 Å². The molecule has 0 aromatic rings. The van der Waals surface area contributed by atoms with Crippen LogP contribution in [0.2, 0.25) is 0 Å². The molecule has 1 heterocycles. The molecule has 38 heavy (non-hydrogen) atoms. The van der Waals surface area contributed by atoms with Gasteiger partial charge in [0.15, 0.2) is 6.29 Å². The molecule has 11 nitrogen and oxygen atoms in total. The lowest BCUT2D eigenvalue weighted by Gasteiger charge is -2.57. The third-order valence-corrected chi connectivity index (χ3v) is 9.02. The summed E-state index contributed by atoms with van der Waals surface area (Å²) in [6, 6.07) is 0. The molecule has 0 unspecified atom stereocenters. The molecule has 0 amide bonds. The molecule has 2 fully saturated rings. The molecular weight excluding hydrogens is 500 g/mol. The second kappa shape index (κ2) is 11.9. The number of allylic oxidation sites excluding steroid dienone is 1. The van der Waals surface area contributed by atoms with Gasteiger partial charge in [0.1, 0.15) is 24.4 Å². The number of carbonyl (C=O) groups excluding carboxylic acids is 1. The predicted molar refractivity (Wildman–Crippen MR) is 134 cm³/mol. The first-order valence-electron chi connectivity index (χ1n) is 13.3. The number of carboxylic acid groups (broad SMARTS) is 1. The molecular formula is C27H44O11. The van der Waals surface area contributed by atoms with E-state index in [0.29, 0.717) is 0 Å². The summed E-state index contributed by atoms with van der Waals surface area (Å²) >= 11 is 0. The molecule has 0 spiro atoms. The maximum absolute atomic E-state index is 12.5. The Morgan fingerprint density at radius 2 is 1.82 bits per heavy atom. The van der Waals surface area contributed by atoms with E-state index >= 15 is 0 Å². The van der Waals surface area contributed by atoms with Gasteiger partial charge in [-0.3, -0.25) is 9.59 Å². The average Bonchev–Trinajstić information content (AvgIpc) is 2.81. The lowest BCUT2D eigenvalue weighted by atomic mass is 9.48. The molecule has 6 N–H and O–H groups in total. The lowest BCUT2D eigenvalue weighted by molar-refractivity contribution is -0.305. The molecule has 1 saturated heterocycles. The van der Waals surface area contributed by atoms with Crippen LogP contribution in [0.4, 0.5) is 0 Å². The van der Waals surface area contributed by atoms with E-state index in [1.807, 2.05) is 6.92 Å². The summed E-state index contributed by atoms with van der Waals surface area (Å²) in [6.45, 7) is 7.40. The number of fused-ring (bicyclic) bond motifs is 1. The number of hydrogen-bond acceptors (Lipinski definition) is 10. The first kappa shape index (κ1) is 30.9. The van der Waals surface area contributed by atoms with E-state index in [9.17, 15) is 35.1 Å².